The molecule has 94 valence electrons. The summed E-state index contributed by atoms with van der Waals surface area (Å²) < 4.78 is 8.39. The molecule has 0 atom stereocenters. The van der Waals surface area contributed by atoms with Crippen LogP contribution < -0.4 is 16.6 Å². The third-order valence-electron chi connectivity index (χ3n) is 2.62. The number of hydrazine groups is 1. The summed E-state index contributed by atoms with van der Waals surface area (Å²) in [5, 5.41) is 3.65. The van der Waals surface area contributed by atoms with E-state index in [1.54, 1.807) is 6.07 Å². The molecule has 0 radical (unpaired) electrons. The van der Waals surface area contributed by atoms with Crippen LogP contribution in [-0.2, 0) is 0 Å². The number of guanidine groups is 1. The molecule has 1 aromatic carbocycles. The molecular weight excluding hydrogens is 272 g/mol. The van der Waals surface area contributed by atoms with Crippen LogP contribution in [0.3, 0.4) is 0 Å². The molecule has 3 rings (SSSR count). The Hall–Kier alpha value is -1.44. The molecule has 1 heterocycles. The van der Waals surface area contributed by atoms with E-state index >= 15 is 0 Å². The largest absolute Gasteiger partial charge is 0.322 e. The van der Waals surface area contributed by atoms with E-state index in [0.29, 0.717) is 22.7 Å². The quantitative estimate of drug-likeness (QED) is 0.338. The Bertz CT molecular complexity index is 605. The van der Waals surface area contributed by atoms with Gasteiger partial charge < -0.3 is 5.32 Å². The molecule has 8 heteroatoms. The molecule has 1 fully saturated rings. The van der Waals surface area contributed by atoms with Gasteiger partial charge in [-0.1, -0.05) is 11.6 Å². The topological polar surface area (TPSA) is 88.2 Å². The van der Waals surface area contributed by atoms with Gasteiger partial charge in [-0.3, -0.25) is 5.43 Å². The maximum absolute atomic E-state index is 6.16. The van der Waals surface area contributed by atoms with Crippen molar-refractivity contribution in [3.8, 4) is 0 Å². The molecular formula is C10H11ClN6S. The number of nitrogens with two attached hydrogens (primary N) is 1. The number of rotatable bonds is 2. The highest BCUT2D eigenvalue weighted by molar-refractivity contribution is 7.00. The summed E-state index contributed by atoms with van der Waals surface area (Å²) in [6, 6.07) is 3.97. The molecule has 2 aromatic rings. The van der Waals surface area contributed by atoms with E-state index < -0.39 is 0 Å². The number of benzene rings is 1. The third kappa shape index (κ3) is 2.24. The molecule has 1 aliphatic rings. The average molecular weight is 283 g/mol. The van der Waals surface area contributed by atoms with Gasteiger partial charge in [0.05, 0.1) is 28.5 Å². The first-order chi connectivity index (χ1) is 8.78. The standard InChI is InChI=1S/C10H11ClN6S/c11-6-3-4-7-9(17-18-16-7)8(6)14-10(15-12)13-5-1-2-5/h3-5H,1-2,12H2,(H2,13,14,15). The van der Waals surface area contributed by atoms with E-state index in [4.69, 9.17) is 17.4 Å². The molecule has 1 saturated carbocycles. The van der Waals surface area contributed by atoms with Gasteiger partial charge in [-0.05, 0) is 25.0 Å². The number of fused-ring (bicyclic) bond motifs is 1. The minimum Gasteiger partial charge on any atom is -0.322 e. The number of anilines is 1. The lowest BCUT2D eigenvalue weighted by Crippen LogP contribution is -2.36. The number of hydrogen-bond acceptors (Lipinski definition) is 5. The van der Waals surface area contributed by atoms with Gasteiger partial charge >= 0.3 is 0 Å². The van der Waals surface area contributed by atoms with E-state index in [1.165, 1.54) is 0 Å². The Balaban J connectivity index is 1.97. The van der Waals surface area contributed by atoms with Gasteiger partial charge in [-0.15, -0.1) is 0 Å². The molecule has 0 bridgehead atoms. The first kappa shape index (κ1) is 11.6. The first-order valence-electron chi connectivity index (χ1n) is 5.50. The SMILES string of the molecule is NNC(=NC1CC1)Nc1c(Cl)ccc2nsnc12. The lowest BCUT2D eigenvalue weighted by molar-refractivity contribution is 0.966. The van der Waals surface area contributed by atoms with Gasteiger partial charge in [-0.2, -0.15) is 8.75 Å². The Morgan fingerprint density at radius 2 is 2.28 bits per heavy atom. The molecule has 0 aliphatic heterocycles. The van der Waals surface area contributed by atoms with Crippen molar-refractivity contribution < 1.29 is 0 Å². The van der Waals surface area contributed by atoms with Crippen LogP contribution in [0.2, 0.25) is 5.02 Å². The van der Waals surface area contributed by atoms with Crippen molar-refractivity contribution in [1.29, 1.82) is 0 Å². The molecule has 1 aromatic heterocycles. The van der Waals surface area contributed by atoms with E-state index in [-0.39, 0.29) is 0 Å². The van der Waals surface area contributed by atoms with E-state index in [1.807, 2.05) is 6.07 Å². The monoisotopic (exact) mass is 282 g/mol. The van der Waals surface area contributed by atoms with Crippen molar-refractivity contribution in [3.63, 3.8) is 0 Å². The zero-order chi connectivity index (χ0) is 12.5. The third-order valence-corrected chi connectivity index (χ3v) is 3.47. The van der Waals surface area contributed by atoms with Gasteiger partial charge in [0.15, 0.2) is 0 Å². The smallest absolute Gasteiger partial charge is 0.210 e. The Morgan fingerprint density at radius 3 is 3.00 bits per heavy atom. The van der Waals surface area contributed by atoms with Crippen molar-refractivity contribution in [1.82, 2.24) is 14.2 Å². The number of nitrogens with zero attached hydrogens (tertiary/aromatic N) is 3. The van der Waals surface area contributed by atoms with Gasteiger partial charge in [0.2, 0.25) is 5.96 Å². The van der Waals surface area contributed by atoms with Gasteiger partial charge in [0.25, 0.3) is 0 Å². The predicted octanol–water partition coefficient (Wildman–Crippen LogP) is 1.74. The summed E-state index contributed by atoms with van der Waals surface area (Å²) in [7, 11) is 0. The second-order valence-corrected chi connectivity index (χ2v) is 4.97. The van der Waals surface area contributed by atoms with Crippen molar-refractivity contribution >= 4 is 46.0 Å². The van der Waals surface area contributed by atoms with Crippen LogP contribution in [0, 0.1) is 0 Å². The fraction of sp³-hybridized carbons (Fsp3) is 0.300. The summed E-state index contributed by atoms with van der Waals surface area (Å²) in [6.45, 7) is 0. The maximum Gasteiger partial charge on any atom is 0.210 e. The highest BCUT2D eigenvalue weighted by atomic mass is 35.5. The van der Waals surface area contributed by atoms with Crippen molar-refractivity contribution in [2.75, 3.05) is 5.32 Å². The number of halogens is 1. The van der Waals surface area contributed by atoms with Crippen LogP contribution in [0.5, 0.6) is 0 Å². The lowest BCUT2D eigenvalue weighted by Gasteiger charge is -2.10. The summed E-state index contributed by atoms with van der Waals surface area (Å²) in [5.74, 6) is 5.95. The van der Waals surface area contributed by atoms with Crippen LogP contribution >= 0.6 is 23.3 Å². The molecule has 0 amide bonds. The van der Waals surface area contributed by atoms with E-state index in [9.17, 15) is 0 Å². The Labute approximate surface area is 113 Å². The van der Waals surface area contributed by atoms with Crippen LogP contribution in [0.25, 0.3) is 11.0 Å². The minimum absolute atomic E-state index is 0.357. The van der Waals surface area contributed by atoms with Gasteiger partial charge in [0, 0.05) is 0 Å². The number of aromatic nitrogens is 2. The van der Waals surface area contributed by atoms with Crippen LogP contribution in [0.15, 0.2) is 17.1 Å². The second kappa shape index (κ2) is 4.68. The minimum atomic E-state index is 0.357. The molecule has 4 N–H and O–H groups in total. The van der Waals surface area contributed by atoms with E-state index in [2.05, 4.69) is 24.5 Å². The van der Waals surface area contributed by atoms with Crippen molar-refractivity contribution in [2.45, 2.75) is 18.9 Å². The number of nitrogens with one attached hydrogen (secondary N) is 2. The fourth-order valence-corrected chi connectivity index (χ4v) is 2.30. The molecule has 1 aliphatic carbocycles. The number of aliphatic imine (C=N–C) groups is 1. The lowest BCUT2D eigenvalue weighted by atomic mass is 10.2. The maximum atomic E-state index is 6.16. The summed E-state index contributed by atoms with van der Waals surface area (Å²) in [5.41, 5.74) is 4.75. The molecule has 6 nitrogen and oxygen atoms in total. The fourth-order valence-electron chi connectivity index (χ4n) is 1.56. The molecule has 0 unspecified atom stereocenters. The molecule has 0 spiro atoms. The number of hydrogen-bond donors (Lipinski definition) is 3. The van der Waals surface area contributed by atoms with Crippen molar-refractivity contribution in [3.05, 3.63) is 17.2 Å². The summed E-state index contributed by atoms with van der Waals surface area (Å²) in [6.07, 6.45) is 2.20. The van der Waals surface area contributed by atoms with Crippen molar-refractivity contribution in [2.24, 2.45) is 10.8 Å². The van der Waals surface area contributed by atoms with Crippen LogP contribution in [0.1, 0.15) is 12.8 Å². The zero-order valence-electron chi connectivity index (χ0n) is 9.35. The zero-order valence-corrected chi connectivity index (χ0v) is 10.9. The average Bonchev–Trinajstić information content (AvgIpc) is 3.06. The van der Waals surface area contributed by atoms with E-state index in [0.717, 1.165) is 35.6 Å². The Morgan fingerprint density at radius 1 is 1.44 bits per heavy atom. The van der Waals surface area contributed by atoms with Crippen LogP contribution in [0.4, 0.5) is 5.69 Å². The highest BCUT2D eigenvalue weighted by Gasteiger charge is 2.21. The first-order valence-corrected chi connectivity index (χ1v) is 6.61. The highest BCUT2D eigenvalue weighted by Crippen LogP contribution is 2.30. The predicted molar refractivity (Wildman–Crippen MR) is 73.8 cm³/mol. The summed E-state index contributed by atoms with van der Waals surface area (Å²) >= 11 is 7.31. The summed E-state index contributed by atoms with van der Waals surface area (Å²) in [4.78, 5) is 4.40. The van der Waals surface area contributed by atoms with Crippen LogP contribution in [-0.4, -0.2) is 20.7 Å². The normalized spacial score (nSPS) is 16.0. The van der Waals surface area contributed by atoms with Gasteiger partial charge in [0.1, 0.15) is 11.0 Å². The molecule has 0 saturated heterocycles. The van der Waals surface area contributed by atoms with Gasteiger partial charge in [-0.25, -0.2) is 10.8 Å². The second-order valence-electron chi connectivity index (χ2n) is 4.03. The molecule has 18 heavy (non-hydrogen) atoms. The Kier molecular flexibility index (Phi) is 3.02.